The lowest BCUT2D eigenvalue weighted by molar-refractivity contribution is -0.116. The number of ketones is 1. The normalized spacial score (nSPS) is 12.2. The van der Waals surface area contributed by atoms with Gasteiger partial charge in [0, 0.05) is 0 Å². The number of benzene rings is 1. The molecule has 0 saturated carbocycles. The van der Waals surface area contributed by atoms with Crippen LogP contribution in [0.5, 0.6) is 0 Å². The number of carbonyl (C=O) groups excluding carboxylic acids is 1. The summed E-state index contributed by atoms with van der Waals surface area (Å²) in [4.78, 5) is 21.9. The zero-order valence-electron chi connectivity index (χ0n) is 8.45. The van der Waals surface area contributed by atoms with E-state index in [2.05, 4.69) is 0 Å². The quantitative estimate of drug-likeness (QED) is 0.806. The third-order valence-corrected chi connectivity index (χ3v) is 2.78. The second kappa shape index (κ2) is 4.45. The summed E-state index contributed by atoms with van der Waals surface area (Å²) < 4.78 is 0. The number of carboxylic acid groups (broad SMARTS) is 1. The fourth-order valence-electron chi connectivity index (χ4n) is 1.38. The standard InChI is InChI=1S/C11H11ClO3/c1-6-8(10(12)7(2)13)4-3-5-9(6)11(14)15/h3-5,10H,1-2H3,(H,14,15). The van der Waals surface area contributed by atoms with Gasteiger partial charge in [-0.1, -0.05) is 12.1 Å². The molecule has 1 aromatic carbocycles. The minimum atomic E-state index is -1.01. The van der Waals surface area contributed by atoms with Crippen molar-refractivity contribution in [3.63, 3.8) is 0 Å². The molecule has 1 rings (SSSR count). The Morgan fingerprint density at radius 3 is 2.47 bits per heavy atom. The lowest BCUT2D eigenvalue weighted by Crippen LogP contribution is -2.08. The molecule has 1 aromatic rings. The predicted octanol–water partition coefficient (Wildman–Crippen LogP) is 2.56. The molecule has 0 aromatic heterocycles. The fraction of sp³-hybridized carbons (Fsp3) is 0.273. The van der Waals surface area contributed by atoms with Gasteiger partial charge in [-0.2, -0.15) is 0 Å². The minimum absolute atomic E-state index is 0.180. The third-order valence-electron chi connectivity index (χ3n) is 2.24. The van der Waals surface area contributed by atoms with Gasteiger partial charge in [-0.15, -0.1) is 11.6 Å². The van der Waals surface area contributed by atoms with Crippen LogP contribution in [0.3, 0.4) is 0 Å². The van der Waals surface area contributed by atoms with Gasteiger partial charge in [-0.3, -0.25) is 4.79 Å². The highest BCUT2D eigenvalue weighted by Gasteiger charge is 2.18. The van der Waals surface area contributed by atoms with Crippen LogP contribution in [-0.4, -0.2) is 16.9 Å². The fourth-order valence-corrected chi connectivity index (χ4v) is 1.62. The molecule has 0 aliphatic carbocycles. The summed E-state index contributed by atoms with van der Waals surface area (Å²) in [7, 11) is 0. The monoisotopic (exact) mass is 226 g/mol. The van der Waals surface area contributed by atoms with Crippen LogP contribution in [0.4, 0.5) is 0 Å². The highest BCUT2D eigenvalue weighted by atomic mass is 35.5. The molecule has 4 heteroatoms. The molecule has 0 radical (unpaired) electrons. The van der Waals surface area contributed by atoms with Gasteiger partial charge < -0.3 is 5.11 Å². The second-order valence-corrected chi connectivity index (χ2v) is 3.73. The molecule has 3 nitrogen and oxygen atoms in total. The zero-order valence-corrected chi connectivity index (χ0v) is 9.21. The Hall–Kier alpha value is -1.35. The van der Waals surface area contributed by atoms with E-state index in [0.717, 1.165) is 0 Å². The van der Waals surface area contributed by atoms with Gasteiger partial charge in [0.05, 0.1) is 5.56 Å². The molecule has 0 heterocycles. The second-order valence-electron chi connectivity index (χ2n) is 3.30. The smallest absolute Gasteiger partial charge is 0.335 e. The molecule has 0 spiro atoms. The van der Waals surface area contributed by atoms with Crippen molar-refractivity contribution in [3.8, 4) is 0 Å². The molecular formula is C11H11ClO3. The third kappa shape index (κ3) is 2.36. The van der Waals surface area contributed by atoms with Crippen molar-refractivity contribution in [2.24, 2.45) is 0 Å². The number of aromatic carboxylic acids is 1. The van der Waals surface area contributed by atoms with Crippen LogP contribution < -0.4 is 0 Å². The Kier molecular flexibility index (Phi) is 3.48. The lowest BCUT2D eigenvalue weighted by atomic mass is 9.98. The van der Waals surface area contributed by atoms with E-state index in [0.29, 0.717) is 11.1 Å². The molecule has 0 saturated heterocycles. The van der Waals surface area contributed by atoms with Crippen molar-refractivity contribution >= 4 is 23.4 Å². The average molecular weight is 227 g/mol. The van der Waals surface area contributed by atoms with E-state index in [1.165, 1.54) is 13.0 Å². The van der Waals surface area contributed by atoms with Gasteiger partial charge in [0.15, 0.2) is 5.78 Å². The van der Waals surface area contributed by atoms with Crippen molar-refractivity contribution in [2.75, 3.05) is 0 Å². The maximum Gasteiger partial charge on any atom is 0.335 e. The Morgan fingerprint density at radius 1 is 1.40 bits per heavy atom. The van der Waals surface area contributed by atoms with E-state index < -0.39 is 11.3 Å². The van der Waals surface area contributed by atoms with Crippen LogP contribution in [0.25, 0.3) is 0 Å². The molecule has 0 aliphatic heterocycles. The molecule has 0 fully saturated rings. The van der Waals surface area contributed by atoms with Crippen LogP contribution >= 0.6 is 11.6 Å². The van der Waals surface area contributed by atoms with E-state index in [4.69, 9.17) is 16.7 Å². The Morgan fingerprint density at radius 2 is 2.00 bits per heavy atom. The van der Waals surface area contributed by atoms with Crippen molar-refractivity contribution in [1.82, 2.24) is 0 Å². The van der Waals surface area contributed by atoms with Crippen LogP contribution in [0.2, 0.25) is 0 Å². The first-order chi connectivity index (χ1) is 6.95. The van der Waals surface area contributed by atoms with Gasteiger partial charge in [-0.25, -0.2) is 4.79 Å². The van der Waals surface area contributed by atoms with Crippen LogP contribution in [0.15, 0.2) is 18.2 Å². The summed E-state index contributed by atoms with van der Waals surface area (Å²) >= 11 is 5.88. The number of carboxylic acids is 1. The van der Waals surface area contributed by atoms with Gasteiger partial charge in [-0.05, 0) is 31.0 Å². The average Bonchev–Trinajstić information content (AvgIpc) is 2.16. The number of alkyl halides is 1. The summed E-state index contributed by atoms with van der Waals surface area (Å²) in [6, 6.07) is 4.75. The molecule has 0 aliphatic rings. The van der Waals surface area contributed by atoms with Crippen molar-refractivity contribution in [1.29, 1.82) is 0 Å². The molecule has 1 N–H and O–H groups in total. The van der Waals surface area contributed by atoms with E-state index in [-0.39, 0.29) is 11.3 Å². The van der Waals surface area contributed by atoms with Gasteiger partial charge in [0.1, 0.15) is 5.38 Å². The summed E-state index contributed by atoms with van der Waals surface area (Å²) in [5.74, 6) is -1.20. The van der Waals surface area contributed by atoms with E-state index in [9.17, 15) is 9.59 Å². The molecule has 0 amide bonds. The largest absolute Gasteiger partial charge is 0.478 e. The highest BCUT2D eigenvalue weighted by molar-refractivity contribution is 6.31. The molecule has 80 valence electrons. The van der Waals surface area contributed by atoms with Gasteiger partial charge in [0.2, 0.25) is 0 Å². The van der Waals surface area contributed by atoms with E-state index in [1.807, 2.05) is 0 Å². The van der Waals surface area contributed by atoms with Crippen LogP contribution in [-0.2, 0) is 4.79 Å². The first-order valence-corrected chi connectivity index (χ1v) is 4.86. The van der Waals surface area contributed by atoms with Gasteiger partial charge >= 0.3 is 5.97 Å². The maximum atomic E-state index is 11.1. The Balaban J connectivity index is 3.26. The Labute approximate surface area is 92.7 Å². The summed E-state index contributed by atoms with van der Waals surface area (Å²) in [5, 5.41) is 8.11. The summed E-state index contributed by atoms with van der Waals surface area (Å²) in [5.41, 5.74) is 1.28. The predicted molar refractivity (Wildman–Crippen MR) is 57.4 cm³/mol. The number of hydrogen-bond donors (Lipinski definition) is 1. The van der Waals surface area contributed by atoms with Crippen LogP contribution in [0.1, 0.15) is 33.8 Å². The number of halogens is 1. The highest BCUT2D eigenvalue weighted by Crippen LogP contribution is 2.26. The van der Waals surface area contributed by atoms with Crippen molar-refractivity contribution in [2.45, 2.75) is 19.2 Å². The van der Waals surface area contributed by atoms with Crippen LogP contribution in [0, 0.1) is 6.92 Å². The lowest BCUT2D eigenvalue weighted by Gasteiger charge is -2.11. The SMILES string of the molecule is CC(=O)C(Cl)c1cccc(C(=O)O)c1C. The minimum Gasteiger partial charge on any atom is -0.478 e. The molecule has 0 bridgehead atoms. The topological polar surface area (TPSA) is 54.4 Å². The number of carbonyl (C=O) groups is 2. The summed E-state index contributed by atoms with van der Waals surface area (Å²) in [6.45, 7) is 3.03. The molecule has 1 unspecified atom stereocenters. The number of Topliss-reactive ketones (excluding diaryl/α,β-unsaturated/α-hetero) is 1. The number of hydrogen-bond acceptors (Lipinski definition) is 2. The summed E-state index contributed by atoms with van der Waals surface area (Å²) in [6.07, 6.45) is 0. The first kappa shape index (κ1) is 11.7. The van der Waals surface area contributed by atoms with Crippen molar-refractivity contribution < 1.29 is 14.7 Å². The molecular weight excluding hydrogens is 216 g/mol. The molecule has 15 heavy (non-hydrogen) atoms. The molecule has 1 atom stereocenters. The van der Waals surface area contributed by atoms with Gasteiger partial charge in [0.25, 0.3) is 0 Å². The zero-order chi connectivity index (χ0) is 11.6. The maximum absolute atomic E-state index is 11.1. The van der Waals surface area contributed by atoms with E-state index >= 15 is 0 Å². The first-order valence-electron chi connectivity index (χ1n) is 4.42. The Bertz CT molecular complexity index is 412. The van der Waals surface area contributed by atoms with E-state index in [1.54, 1.807) is 19.1 Å². The number of rotatable bonds is 3. The van der Waals surface area contributed by atoms with Crippen molar-refractivity contribution in [3.05, 3.63) is 34.9 Å².